The average Bonchev–Trinajstić information content (AvgIpc) is 2.47. The number of hydrogen-bond donors (Lipinski definition) is 0. The van der Waals surface area contributed by atoms with E-state index in [0.717, 1.165) is 0 Å². The molecule has 0 aliphatic rings. The van der Waals surface area contributed by atoms with E-state index in [9.17, 15) is 9.90 Å². The van der Waals surface area contributed by atoms with Crippen LogP contribution in [0.2, 0.25) is 0 Å². The van der Waals surface area contributed by atoms with Gasteiger partial charge in [0, 0.05) is 6.20 Å². The Labute approximate surface area is 83.1 Å². The minimum absolute atomic E-state index is 0.416. The Morgan fingerprint density at radius 1 is 1.50 bits per heavy atom. The van der Waals surface area contributed by atoms with Gasteiger partial charge < -0.3 is 4.74 Å². The van der Waals surface area contributed by atoms with Crippen LogP contribution < -0.4 is 0 Å². The number of rotatable bonds is 1. The zero-order valence-corrected chi connectivity index (χ0v) is 8.61. The molecule has 0 aromatic carbocycles. The Kier molecular flexibility index (Phi) is 2.96. The SMILES string of the molecule is CC(C)(C)OC(=O)n1cccc1C[O]. The molecule has 0 atom stereocenters. The van der Waals surface area contributed by atoms with Crippen LogP contribution in [-0.4, -0.2) is 16.3 Å². The number of carbonyl (C=O) groups excluding carboxylic acids is 1. The van der Waals surface area contributed by atoms with E-state index in [1.807, 2.05) is 0 Å². The maximum Gasteiger partial charge on any atom is 0.418 e. The van der Waals surface area contributed by atoms with Crippen LogP contribution in [0.25, 0.3) is 0 Å². The monoisotopic (exact) mass is 196 g/mol. The van der Waals surface area contributed by atoms with Gasteiger partial charge in [-0.15, -0.1) is 0 Å². The second-order valence-electron chi connectivity index (χ2n) is 3.99. The molecule has 0 saturated carbocycles. The van der Waals surface area contributed by atoms with Crippen molar-refractivity contribution in [3.63, 3.8) is 0 Å². The van der Waals surface area contributed by atoms with E-state index in [4.69, 9.17) is 4.74 Å². The van der Waals surface area contributed by atoms with E-state index in [2.05, 4.69) is 0 Å². The molecule has 0 saturated heterocycles. The van der Waals surface area contributed by atoms with Gasteiger partial charge >= 0.3 is 6.09 Å². The first-order valence-corrected chi connectivity index (χ1v) is 4.42. The molecule has 0 fully saturated rings. The third kappa shape index (κ3) is 2.60. The predicted molar refractivity (Wildman–Crippen MR) is 50.5 cm³/mol. The number of ether oxygens (including phenoxy) is 1. The highest BCUT2D eigenvalue weighted by molar-refractivity contribution is 5.72. The normalized spacial score (nSPS) is 11.4. The van der Waals surface area contributed by atoms with Crippen molar-refractivity contribution in [2.75, 3.05) is 0 Å². The maximum absolute atomic E-state index is 11.5. The zero-order chi connectivity index (χ0) is 10.8. The molecular weight excluding hydrogens is 182 g/mol. The summed E-state index contributed by atoms with van der Waals surface area (Å²) < 4.78 is 6.34. The van der Waals surface area contributed by atoms with Crippen molar-refractivity contribution in [3.8, 4) is 0 Å². The van der Waals surface area contributed by atoms with Crippen LogP contribution in [-0.2, 0) is 16.5 Å². The summed E-state index contributed by atoms with van der Waals surface area (Å²) in [5, 5.41) is 10.7. The molecule has 1 heterocycles. The lowest BCUT2D eigenvalue weighted by molar-refractivity contribution is 0.0518. The fourth-order valence-electron chi connectivity index (χ4n) is 1.02. The average molecular weight is 196 g/mol. The first-order valence-electron chi connectivity index (χ1n) is 4.42. The van der Waals surface area contributed by atoms with Crippen molar-refractivity contribution in [1.82, 2.24) is 4.57 Å². The van der Waals surface area contributed by atoms with E-state index in [0.29, 0.717) is 5.69 Å². The largest absolute Gasteiger partial charge is 0.443 e. The quantitative estimate of drug-likeness (QED) is 0.691. The Balaban J connectivity index is 2.80. The van der Waals surface area contributed by atoms with E-state index in [1.54, 1.807) is 32.9 Å². The highest BCUT2D eigenvalue weighted by atomic mass is 16.6. The van der Waals surface area contributed by atoms with Gasteiger partial charge in [0.15, 0.2) is 0 Å². The van der Waals surface area contributed by atoms with E-state index >= 15 is 0 Å². The third-order valence-corrected chi connectivity index (χ3v) is 1.57. The minimum Gasteiger partial charge on any atom is -0.443 e. The van der Waals surface area contributed by atoms with Crippen LogP contribution in [0.5, 0.6) is 0 Å². The van der Waals surface area contributed by atoms with E-state index in [-0.39, 0.29) is 0 Å². The Morgan fingerprint density at radius 3 is 2.64 bits per heavy atom. The van der Waals surface area contributed by atoms with Crippen molar-refractivity contribution in [1.29, 1.82) is 0 Å². The molecule has 0 bridgehead atoms. The molecule has 14 heavy (non-hydrogen) atoms. The van der Waals surface area contributed by atoms with Gasteiger partial charge in [-0.3, -0.25) is 4.57 Å². The number of nitrogens with zero attached hydrogens (tertiary/aromatic N) is 1. The molecule has 0 N–H and O–H groups in total. The number of hydrogen-bond acceptors (Lipinski definition) is 2. The van der Waals surface area contributed by atoms with Crippen LogP contribution in [0.15, 0.2) is 18.3 Å². The summed E-state index contributed by atoms with van der Waals surface area (Å²) in [6.45, 7) is 4.92. The third-order valence-electron chi connectivity index (χ3n) is 1.57. The summed E-state index contributed by atoms with van der Waals surface area (Å²) in [4.78, 5) is 11.5. The highest BCUT2D eigenvalue weighted by Crippen LogP contribution is 2.11. The van der Waals surface area contributed by atoms with Crippen LogP contribution >= 0.6 is 0 Å². The Bertz CT molecular complexity index is 322. The molecule has 1 aromatic rings. The molecule has 77 valence electrons. The van der Waals surface area contributed by atoms with E-state index in [1.165, 1.54) is 10.8 Å². The molecule has 1 aromatic heterocycles. The fourth-order valence-corrected chi connectivity index (χ4v) is 1.02. The standard InChI is InChI=1S/C10H14NO3/c1-10(2,3)14-9(13)11-6-4-5-8(11)7-12/h4-6H,7H2,1-3H3. The lowest BCUT2D eigenvalue weighted by Gasteiger charge is -2.20. The molecule has 0 aliphatic heterocycles. The van der Waals surface area contributed by atoms with Gasteiger partial charge in [-0.05, 0) is 32.9 Å². The van der Waals surface area contributed by atoms with Crippen molar-refractivity contribution in [2.45, 2.75) is 33.0 Å². The van der Waals surface area contributed by atoms with Crippen molar-refractivity contribution >= 4 is 6.09 Å². The van der Waals surface area contributed by atoms with Crippen LogP contribution in [0.4, 0.5) is 4.79 Å². The van der Waals surface area contributed by atoms with Gasteiger partial charge in [0.1, 0.15) is 12.2 Å². The molecule has 4 heteroatoms. The zero-order valence-electron chi connectivity index (χ0n) is 8.61. The van der Waals surface area contributed by atoms with E-state index < -0.39 is 18.3 Å². The molecule has 0 amide bonds. The number of carbonyl (C=O) groups is 1. The van der Waals surface area contributed by atoms with Gasteiger partial charge in [0.25, 0.3) is 0 Å². The first kappa shape index (κ1) is 10.8. The predicted octanol–water partition coefficient (Wildman–Crippen LogP) is 2.20. The minimum atomic E-state index is -0.540. The van der Waals surface area contributed by atoms with Crippen molar-refractivity contribution in [2.24, 2.45) is 0 Å². The smallest absolute Gasteiger partial charge is 0.418 e. The molecule has 0 unspecified atom stereocenters. The van der Waals surface area contributed by atoms with Crippen LogP contribution in [0, 0.1) is 0 Å². The fraction of sp³-hybridized carbons (Fsp3) is 0.500. The Morgan fingerprint density at radius 2 is 2.14 bits per heavy atom. The second-order valence-corrected chi connectivity index (χ2v) is 3.99. The molecule has 0 spiro atoms. The Hall–Kier alpha value is -1.29. The summed E-state index contributed by atoms with van der Waals surface area (Å²) in [6.07, 6.45) is 1.02. The van der Waals surface area contributed by atoms with Crippen LogP contribution in [0.1, 0.15) is 26.5 Å². The van der Waals surface area contributed by atoms with Crippen LogP contribution in [0.3, 0.4) is 0 Å². The molecule has 1 rings (SSSR count). The second kappa shape index (κ2) is 3.84. The molecule has 0 aliphatic carbocycles. The first-order chi connectivity index (χ1) is 6.44. The van der Waals surface area contributed by atoms with Gasteiger partial charge in [0.05, 0.1) is 5.69 Å². The van der Waals surface area contributed by atoms with Gasteiger partial charge in [-0.25, -0.2) is 9.90 Å². The maximum atomic E-state index is 11.5. The summed E-state index contributed by atoms with van der Waals surface area (Å²) in [5.41, 5.74) is -0.124. The van der Waals surface area contributed by atoms with Crippen molar-refractivity contribution < 1.29 is 14.6 Å². The summed E-state index contributed by atoms with van der Waals surface area (Å²) in [5.74, 6) is 0. The van der Waals surface area contributed by atoms with Gasteiger partial charge in [-0.2, -0.15) is 0 Å². The summed E-state index contributed by atoms with van der Waals surface area (Å²) in [7, 11) is 0. The molecular formula is C10H14NO3. The summed E-state index contributed by atoms with van der Waals surface area (Å²) in [6, 6.07) is 3.26. The lowest BCUT2D eigenvalue weighted by atomic mass is 10.2. The van der Waals surface area contributed by atoms with Gasteiger partial charge in [-0.1, -0.05) is 0 Å². The van der Waals surface area contributed by atoms with Gasteiger partial charge in [0.2, 0.25) is 0 Å². The lowest BCUT2D eigenvalue weighted by Crippen LogP contribution is -2.27. The van der Waals surface area contributed by atoms with Crippen molar-refractivity contribution in [3.05, 3.63) is 24.0 Å². The number of aromatic nitrogens is 1. The molecule has 4 nitrogen and oxygen atoms in total. The highest BCUT2D eigenvalue weighted by Gasteiger charge is 2.18. The molecule has 1 radical (unpaired) electrons. The summed E-state index contributed by atoms with van der Waals surface area (Å²) >= 11 is 0. The topological polar surface area (TPSA) is 51.1 Å².